The molecule has 2 rings (SSSR count). The molecule has 0 saturated carbocycles. The van der Waals surface area contributed by atoms with Crippen molar-refractivity contribution in [2.45, 2.75) is 12.1 Å². The second-order valence-corrected chi connectivity index (χ2v) is 3.20. The quantitative estimate of drug-likeness (QED) is 0.574. The van der Waals surface area contributed by atoms with Gasteiger partial charge < -0.3 is 10.1 Å². The standard InChI is InChI=1S/C7H12FNO/c8-7(4-9-5-7)6-1-2-10-3-6/h6,9H,1-5H2/t6-/m0/s1. The number of ether oxygens (including phenoxy) is 1. The molecule has 0 aliphatic carbocycles. The molecule has 2 nitrogen and oxygen atoms in total. The summed E-state index contributed by atoms with van der Waals surface area (Å²) in [5.41, 5.74) is -0.934. The van der Waals surface area contributed by atoms with Crippen molar-refractivity contribution in [3.8, 4) is 0 Å². The van der Waals surface area contributed by atoms with Gasteiger partial charge in [0, 0.05) is 25.6 Å². The smallest absolute Gasteiger partial charge is 0.140 e. The van der Waals surface area contributed by atoms with Gasteiger partial charge >= 0.3 is 0 Å². The highest BCUT2D eigenvalue weighted by molar-refractivity contribution is 4.99. The minimum atomic E-state index is -0.934. The topological polar surface area (TPSA) is 21.3 Å². The van der Waals surface area contributed by atoms with Crippen molar-refractivity contribution >= 4 is 0 Å². The highest BCUT2D eigenvalue weighted by Gasteiger charge is 2.45. The molecule has 0 radical (unpaired) electrons. The lowest BCUT2D eigenvalue weighted by molar-refractivity contribution is 0.0179. The summed E-state index contributed by atoms with van der Waals surface area (Å²) in [7, 11) is 0. The first-order valence-electron chi connectivity index (χ1n) is 3.79. The first kappa shape index (κ1) is 6.55. The van der Waals surface area contributed by atoms with Gasteiger partial charge in [0.05, 0.1) is 6.61 Å². The van der Waals surface area contributed by atoms with E-state index >= 15 is 0 Å². The Morgan fingerprint density at radius 1 is 1.50 bits per heavy atom. The Labute approximate surface area is 59.7 Å². The summed E-state index contributed by atoms with van der Waals surface area (Å²) < 4.78 is 18.6. The summed E-state index contributed by atoms with van der Waals surface area (Å²) in [6, 6.07) is 0. The van der Waals surface area contributed by atoms with Crippen LogP contribution in [0.1, 0.15) is 6.42 Å². The lowest BCUT2D eigenvalue weighted by atomic mass is 9.84. The Morgan fingerprint density at radius 3 is 2.70 bits per heavy atom. The van der Waals surface area contributed by atoms with Gasteiger partial charge in [-0.1, -0.05) is 0 Å². The number of alkyl halides is 1. The summed E-state index contributed by atoms with van der Waals surface area (Å²) in [5, 5.41) is 2.95. The zero-order valence-electron chi connectivity index (χ0n) is 5.90. The molecule has 0 aromatic rings. The van der Waals surface area contributed by atoms with E-state index in [0.29, 0.717) is 19.7 Å². The molecule has 3 heteroatoms. The second-order valence-electron chi connectivity index (χ2n) is 3.20. The van der Waals surface area contributed by atoms with Gasteiger partial charge in [0.25, 0.3) is 0 Å². The number of hydrogen-bond acceptors (Lipinski definition) is 2. The van der Waals surface area contributed by atoms with Crippen molar-refractivity contribution in [1.29, 1.82) is 0 Å². The average Bonchev–Trinajstić information content (AvgIpc) is 2.33. The first-order valence-corrected chi connectivity index (χ1v) is 3.79. The zero-order valence-corrected chi connectivity index (χ0v) is 5.90. The fraction of sp³-hybridized carbons (Fsp3) is 1.00. The molecule has 10 heavy (non-hydrogen) atoms. The van der Waals surface area contributed by atoms with Crippen molar-refractivity contribution in [1.82, 2.24) is 5.32 Å². The molecule has 0 aromatic carbocycles. The van der Waals surface area contributed by atoms with Crippen LogP contribution >= 0.6 is 0 Å². The number of nitrogens with one attached hydrogen (secondary N) is 1. The van der Waals surface area contributed by atoms with Crippen LogP contribution in [0.3, 0.4) is 0 Å². The van der Waals surface area contributed by atoms with Crippen LogP contribution in [0, 0.1) is 5.92 Å². The third kappa shape index (κ3) is 0.847. The van der Waals surface area contributed by atoms with Gasteiger partial charge in [-0.2, -0.15) is 0 Å². The van der Waals surface area contributed by atoms with Gasteiger partial charge in [0.15, 0.2) is 0 Å². The SMILES string of the molecule is FC1([C@H]2CCOC2)CNC1. The van der Waals surface area contributed by atoms with Gasteiger partial charge in [-0.05, 0) is 6.42 Å². The van der Waals surface area contributed by atoms with Crippen LogP contribution < -0.4 is 5.32 Å². The third-order valence-corrected chi connectivity index (χ3v) is 2.50. The maximum atomic E-state index is 13.5. The molecule has 0 bridgehead atoms. The lowest BCUT2D eigenvalue weighted by Gasteiger charge is -2.39. The van der Waals surface area contributed by atoms with Crippen molar-refractivity contribution in [2.24, 2.45) is 5.92 Å². The third-order valence-electron chi connectivity index (χ3n) is 2.50. The summed E-state index contributed by atoms with van der Waals surface area (Å²) in [5.74, 6) is 0.161. The highest BCUT2D eigenvalue weighted by Crippen LogP contribution is 2.32. The molecule has 2 aliphatic rings. The van der Waals surface area contributed by atoms with Gasteiger partial charge in [0.1, 0.15) is 5.67 Å². The van der Waals surface area contributed by atoms with E-state index in [4.69, 9.17) is 4.74 Å². The van der Waals surface area contributed by atoms with Gasteiger partial charge in [-0.3, -0.25) is 0 Å². The van der Waals surface area contributed by atoms with Crippen LogP contribution in [-0.2, 0) is 4.74 Å². The van der Waals surface area contributed by atoms with Gasteiger partial charge in [-0.25, -0.2) is 4.39 Å². The van der Waals surface area contributed by atoms with Crippen LogP contribution in [0.15, 0.2) is 0 Å². The maximum Gasteiger partial charge on any atom is 0.140 e. The van der Waals surface area contributed by atoms with Crippen molar-refractivity contribution < 1.29 is 9.13 Å². The van der Waals surface area contributed by atoms with Crippen molar-refractivity contribution in [3.05, 3.63) is 0 Å². The summed E-state index contributed by atoms with van der Waals surface area (Å²) in [6.07, 6.45) is 0.901. The number of hydrogen-bond donors (Lipinski definition) is 1. The van der Waals surface area contributed by atoms with Gasteiger partial charge in [-0.15, -0.1) is 0 Å². The van der Waals surface area contributed by atoms with Crippen molar-refractivity contribution in [2.75, 3.05) is 26.3 Å². The minimum absolute atomic E-state index is 0.161. The van der Waals surface area contributed by atoms with E-state index in [-0.39, 0.29) is 5.92 Å². The Hall–Kier alpha value is -0.150. The fourth-order valence-electron chi connectivity index (χ4n) is 1.60. The van der Waals surface area contributed by atoms with E-state index in [9.17, 15) is 4.39 Å². The normalized spacial score (nSPS) is 37.5. The molecule has 0 unspecified atom stereocenters. The van der Waals surface area contributed by atoms with E-state index in [1.807, 2.05) is 0 Å². The lowest BCUT2D eigenvalue weighted by Crippen LogP contribution is -2.60. The second kappa shape index (κ2) is 2.17. The van der Waals surface area contributed by atoms with E-state index in [0.717, 1.165) is 13.0 Å². The minimum Gasteiger partial charge on any atom is -0.381 e. The maximum absolute atomic E-state index is 13.5. The first-order chi connectivity index (χ1) is 4.81. The van der Waals surface area contributed by atoms with Crippen LogP contribution in [0.25, 0.3) is 0 Å². The van der Waals surface area contributed by atoms with Crippen molar-refractivity contribution in [3.63, 3.8) is 0 Å². The van der Waals surface area contributed by atoms with Crippen LogP contribution in [0.2, 0.25) is 0 Å². The molecule has 0 amide bonds. The largest absolute Gasteiger partial charge is 0.381 e. The molecule has 0 aromatic heterocycles. The molecule has 2 saturated heterocycles. The van der Waals surface area contributed by atoms with E-state index < -0.39 is 5.67 Å². The molecule has 1 N–H and O–H groups in total. The average molecular weight is 145 g/mol. The predicted molar refractivity (Wildman–Crippen MR) is 35.6 cm³/mol. The summed E-state index contributed by atoms with van der Waals surface area (Å²) >= 11 is 0. The Balaban J connectivity index is 1.96. The Kier molecular flexibility index (Phi) is 1.42. The molecule has 1 atom stereocenters. The number of halogens is 1. The molecule has 58 valence electrons. The van der Waals surface area contributed by atoms with Gasteiger partial charge in [0.2, 0.25) is 0 Å². The monoisotopic (exact) mass is 145 g/mol. The Bertz CT molecular complexity index is 130. The fourth-order valence-corrected chi connectivity index (χ4v) is 1.60. The molecule has 2 fully saturated rings. The molecular weight excluding hydrogens is 133 g/mol. The molecular formula is C7H12FNO. The van der Waals surface area contributed by atoms with Crippen LogP contribution in [0.4, 0.5) is 4.39 Å². The molecule has 0 spiro atoms. The van der Waals surface area contributed by atoms with E-state index in [1.54, 1.807) is 0 Å². The van der Waals surface area contributed by atoms with Crippen LogP contribution in [-0.4, -0.2) is 32.0 Å². The van der Waals surface area contributed by atoms with Crippen LogP contribution in [0.5, 0.6) is 0 Å². The zero-order chi connectivity index (χ0) is 7.03. The van der Waals surface area contributed by atoms with E-state index in [2.05, 4.69) is 5.32 Å². The Morgan fingerprint density at radius 2 is 2.30 bits per heavy atom. The molecule has 2 heterocycles. The highest BCUT2D eigenvalue weighted by atomic mass is 19.1. The summed E-state index contributed by atoms with van der Waals surface area (Å²) in [6.45, 7) is 2.43. The summed E-state index contributed by atoms with van der Waals surface area (Å²) in [4.78, 5) is 0. The predicted octanol–water partition coefficient (Wildman–Crippen LogP) is 0.334. The van der Waals surface area contributed by atoms with E-state index in [1.165, 1.54) is 0 Å². The molecule has 2 aliphatic heterocycles. The number of rotatable bonds is 1.